The number of nitrogens with zero attached hydrogens (tertiary/aromatic N) is 5. The number of hydrogen-bond donors (Lipinski definition) is 0. The van der Waals surface area contributed by atoms with E-state index in [1.54, 1.807) is 28.8 Å². The van der Waals surface area contributed by atoms with E-state index in [-0.39, 0.29) is 5.56 Å². The van der Waals surface area contributed by atoms with Crippen LogP contribution in [0.3, 0.4) is 0 Å². The summed E-state index contributed by atoms with van der Waals surface area (Å²) in [6, 6.07) is 10.7. The maximum atomic E-state index is 12.5. The molecule has 3 heterocycles. The van der Waals surface area contributed by atoms with Gasteiger partial charge in [-0.1, -0.05) is 54.9 Å². The van der Waals surface area contributed by atoms with Crippen LogP contribution in [0.4, 0.5) is 0 Å². The molecule has 0 saturated heterocycles. The molecule has 6 nitrogen and oxygen atoms in total. The summed E-state index contributed by atoms with van der Waals surface area (Å²) in [5.74, 6) is 1.58. The number of fused-ring (bicyclic) bond motifs is 1. The zero-order valence-electron chi connectivity index (χ0n) is 17.3. The molecular formula is C22H21Cl2N5OS. The first kappa shape index (κ1) is 21.9. The number of halogens is 2. The molecule has 0 aliphatic heterocycles. The minimum atomic E-state index is -0.0958. The van der Waals surface area contributed by atoms with Gasteiger partial charge in [0.15, 0.2) is 11.0 Å². The van der Waals surface area contributed by atoms with Gasteiger partial charge in [-0.2, -0.15) is 0 Å². The molecule has 1 aromatic carbocycles. The fraction of sp³-hybridized carbons (Fsp3) is 0.273. The smallest absolute Gasteiger partial charge is 0.258 e. The fourth-order valence-electron chi connectivity index (χ4n) is 3.27. The van der Waals surface area contributed by atoms with Crippen molar-refractivity contribution in [2.45, 2.75) is 38.2 Å². The highest BCUT2D eigenvalue weighted by atomic mass is 35.5. The lowest BCUT2D eigenvalue weighted by Crippen LogP contribution is -2.15. The van der Waals surface area contributed by atoms with Gasteiger partial charge >= 0.3 is 0 Å². The van der Waals surface area contributed by atoms with Crippen molar-refractivity contribution in [1.29, 1.82) is 0 Å². The lowest BCUT2D eigenvalue weighted by atomic mass is 10.2. The number of hydrogen-bond acceptors (Lipinski definition) is 5. The molecule has 0 N–H and O–H groups in total. The second kappa shape index (κ2) is 9.02. The normalized spacial score (nSPS) is 11.5. The van der Waals surface area contributed by atoms with Gasteiger partial charge in [0, 0.05) is 35.1 Å². The summed E-state index contributed by atoms with van der Waals surface area (Å²) >= 11 is 14.0. The highest BCUT2D eigenvalue weighted by Gasteiger charge is 2.18. The molecule has 160 valence electrons. The molecule has 4 aromatic rings. The van der Waals surface area contributed by atoms with E-state index >= 15 is 0 Å². The average molecular weight is 474 g/mol. The molecule has 0 amide bonds. The number of benzene rings is 1. The molecule has 0 spiro atoms. The number of aromatic nitrogens is 5. The first-order chi connectivity index (χ1) is 14.8. The van der Waals surface area contributed by atoms with E-state index in [0.717, 1.165) is 22.8 Å². The first-order valence-electron chi connectivity index (χ1n) is 9.82. The molecule has 9 heteroatoms. The van der Waals surface area contributed by atoms with Crippen LogP contribution in [0.5, 0.6) is 0 Å². The van der Waals surface area contributed by atoms with Crippen LogP contribution in [-0.4, -0.2) is 24.1 Å². The Labute approximate surface area is 194 Å². The second-order valence-electron chi connectivity index (χ2n) is 7.74. The summed E-state index contributed by atoms with van der Waals surface area (Å²) in [6.07, 6.45) is 1.79. The number of rotatable bonds is 6. The maximum absolute atomic E-state index is 12.5. The van der Waals surface area contributed by atoms with E-state index in [1.165, 1.54) is 11.8 Å². The van der Waals surface area contributed by atoms with Crippen LogP contribution in [0.2, 0.25) is 10.0 Å². The van der Waals surface area contributed by atoms with Crippen molar-refractivity contribution in [3.8, 4) is 11.4 Å². The van der Waals surface area contributed by atoms with Crippen LogP contribution >= 0.6 is 35.0 Å². The third-order valence-electron chi connectivity index (χ3n) is 4.65. The second-order valence-corrected chi connectivity index (χ2v) is 9.53. The van der Waals surface area contributed by atoms with Gasteiger partial charge < -0.3 is 4.57 Å². The molecular weight excluding hydrogens is 453 g/mol. The maximum Gasteiger partial charge on any atom is 0.258 e. The van der Waals surface area contributed by atoms with Crippen molar-refractivity contribution in [2.75, 3.05) is 0 Å². The topological polar surface area (TPSA) is 65.1 Å². The molecule has 0 aliphatic rings. The van der Waals surface area contributed by atoms with Crippen LogP contribution in [0.15, 0.2) is 52.5 Å². The van der Waals surface area contributed by atoms with Crippen LogP contribution in [-0.2, 0) is 12.3 Å². The molecule has 0 fully saturated rings. The summed E-state index contributed by atoms with van der Waals surface area (Å²) in [5.41, 5.74) is 3.02. The predicted molar refractivity (Wildman–Crippen MR) is 126 cm³/mol. The number of pyridine rings is 1. The average Bonchev–Trinajstić information content (AvgIpc) is 3.08. The molecule has 4 rings (SSSR count). The quantitative estimate of drug-likeness (QED) is 0.345. The van der Waals surface area contributed by atoms with Gasteiger partial charge in [-0.3, -0.25) is 9.20 Å². The first-order valence-corrected chi connectivity index (χ1v) is 11.6. The third kappa shape index (κ3) is 4.79. The van der Waals surface area contributed by atoms with Gasteiger partial charge in [0.1, 0.15) is 5.65 Å². The Bertz CT molecular complexity index is 1320. The Hall–Kier alpha value is -2.35. The number of thioether (sulfide) groups is 1. The van der Waals surface area contributed by atoms with Crippen LogP contribution in [0.1, 0.15) is 25.1 Å². The van der Waals surface area contributed by atoms with Crippen molar-refractivity contribution in [2.24, 2.45) is 5.92 Å². The Morgan fingerprint density at radius 2 is 1.90 bits per heavy atom. The Morgan fingerprint density at radius 3 is 2.65 bits per heavy atom. The summed E-state index contributed by atoms with van der Waals surface area (Å²) < 4.78 is 3.62. The number of aryl methyl sites for hydroxylation is 1. The molecule has 0 bridgehead atoms. The lowest BCUT2D eigenvalue weighted by molar-refractivity contribution is 0.498. The van der Waals surface area contributed by atoms with E-state index in [0.29, 0.717) is 38.9 Å². The van der Waals surface area contributed by atoms with E-state index in [4.69, 9.17) is 23.2 Å². The highest BCUT2D eigenvalue weighted by molar-refractivity contribution is 7.98. The van der Waals surface area contributed by atoms with Crippen molar-refractivity contribution >= 4 is 40.6 Å². The van der Waals surface area contributed by atoms with Gasteiger partial charge in [0.2, 0.25) is 0 Å². The van der Waals surface area contributed by atoms with E-state index in [9.17, 15) is 4.79 Å². The summed E-state index contributed by atoms with van der Waals surface area (Å²) in [7, 11) is 0. The SMILES string of the molecule is Cc1ccc2nc(CSc3nnc(-c4ccc(Cl)cc4Cl)n3CC(C)C)cc(=O)n2c1. The lowest BCUT2D eigenvalue weighted by Gasteiger charge is -2.13. The molecule has 0 atom stereocenters. The van der Waals surface area contributed by atoms with Crippen molar-refractivity contribution in [3.63, 3.8) is 0 Å². The molecule has 0 unspecified atom stereocenters. The Balaban J connectivity index is 1.66. The van der Waals surface area contributed by atoms with Gasteiger partial charge in [0.05, 0.1) is 10.7 Å². The van der Waals surface area contributed by atoms with Crippen molar-refractivity contribution in [3.05, 3.63) is 74.3 Å². The van der Waals surface area contributed by atoms with Gasteiger partial charge in [-0.25, -0.2) is 4.98 Å². The molecule has 0 saturated carbocycles. The summed E-state index contributed by atoms with van der Waals surface area (Å²) in [4.78, 5) is 17.1. The zero-order valence-corrected chi connectivity index (χ0v) is 19.7. The molecule has 0 radical (unpaired) electrons. The third-order valence-corrected chi connectivity index (χ3v) is 6.19. The Kier molecular flexibility index (Phi) is 6.36. The molecule has 3 aromatic heterocycles. The van der Waals surface area contributed by atoms with Gasteiger partial charge in [-0.15, -0.1) is 10.2 Å². The van der Waals surface area contributed by atoms with Crippen LogP contribution in [0, 0.1) is 12.8 Å². The van der Waals surface area contributed by atoms with Crippen LogP contribution < -0.4 is 5.56 Å². The molecule has 31 heavy (non-hydrogen) atoms. The van der Waals surface area contributed by atoms with E-state index in [2.05, 4.69) is 33.6 Å². The minimum Gasteiger partial charge on any atom is -0.302 e. The van der Waals surface area contributed by atoms with E-state index in [1.807, 2.05) is 25.1 Å². The standard InChI is InChI=1S/C22H21Cl2N5OS/c1-13(2)10-29-21(17-6-5-15(23)8-18(17)24)26-27-22(29)31-12-16-9-20(30)28-11-14(3)4-7-19(28)25-16/h4-9,11,13H,10,12H2,1-3H3. The molecule has 0 aliphatic carbocycles. The van der Waals surface area contributed by atoms with Crippen molar-refractivity contribution in [1.82, 2.24) is 24.1 Å². The fourth-order valence-corrected chi connectivity index (χ4v) is 4.60. The van der Waals surface area contributed by atoms with Crippen molar-refractivity contribution < 1.29 is 0 Å². The largest absolute Gasteiger partial charge is 0.302 e. The Morgan fingerprint density at radius 1 is 1.10 bits per heavy atom. The summed E-state index contributed by atoms with van der Waals surface area (Å²) in [5, 5.41) is 10.6. The monoisotopic (exact) mass is 473 g/mol. The summed E-state index contributed by atoms with van der Waals surface area (Å²) in [6.45, 7) is 6.95. The van der Waals surface area contributed by atoms with Gasteiger partial charge in [-0.05, 0) is 42.7 Å². The van der Waals surface area contributed by atoms with Gasteiger partial charge in [0.25, 0.3) is 5.56 Å². The van der Waals surface area contributed by atoms with Crippen LogP contribution in [0.25, 0.3) is 17.0 Å². The highest BCUT2D eigenvalue weighted by Crippen LogP contribution is 2.32. The minimum absolute atomic E-state index is 0.0958. The zero-order chi connectivity index (χ0) is 22.1. The van der Waals surface area contributed by atoms with E-state index < -0.39 is 0 Å². The predicted octanol–water partition coefficient (Wildman–Crippen LogP) is 5.52.